The second-order valence-electron chi connectivity index (χ2n) is 4.65. The Kier molecular flexibility index (Phi) is 5.85. The first-order chi connectivity index (χ1) is 9.78. The second-order valence-corrected chi connectivity index (χ2v) is 4.65. The van der Waals surface area contributed by atoms with Crippen LogP contribution in [0.4, 0.5) is 4.39 Å². The zero-order valence-electron chi connectivity index (χ0n) is 11.6. The first-order valence-electron chi connectivity index (χ1n) is 6.79. The molecule has 2 unspecified atom stereocenters. The molecule has 20 heavy (non-hydrogen) atoms. The van der Waals surface area contributed by atoms with Crippen molar-refractivity contribution in [2.45, 2.75) is 31.5 Å². The fraction of sp³-hybridized carbons (Fsp3) is 0.500. The summed E-state index contributed by atoms with van der Waals surface area (Å²) in [4.78, 5) is 0. The van der Waals surface area contributed by atoms with Crippen molar-refractivity contribution in [1.29, 1.82) is 0 Å². The fourth-order valence-electron chi connectivity index (χ4n) is 1.99. The Labute approximate surface area is 119 Å². The molecule has 2 atom stereocenters. The van der Waals surface area contributed by atoms with E-state index in [1.165, 1.54) is 12.1 Å². The van der Waals surface area contributed by atoms with E-state index >= 15 is 0 Å². The lowest BCUT2D eigenvalue weighted by atomic mass is 10.2. The van der Waals surface area contributed by atoms with Gasteiger partial charge in [0.05, 0.1) is 12.7 Å². The van der Waals surface area contributed by atoms with Crippen molar-refractivity contribution in [3.8, 4) is 17.6 Å². The summed E-state index contributed by atoms with van der Waals surface area (Å²) in [6, 6.07) is 6.00. The molecule has 0 spiro atoms. The highest BCUT2D eigenvalue weighted by atomic mass is 19.1. The average Bonchev–Trinajstić information content (AvgIpc) is 2.91. The van der Waals surface area contributed by atoms with Crippen LogP contribution in [0.5, 0.6) is 5.75 Å². The lowest BCUT2D eigenvalue weighted by Crippen LogP contribution is -2.18. The van der Waals surface area contributed by atoms with Crippen LogP contribution in [-0.2, 0) is 9.47 Å². The summed E-state index contributed by atoms with van der Waals surface area (Å²) in [6.45, 7) is 1.12. The zero-order chi connectivity index (χ0) is 14.2. The maximum absolute atomic E-state index is 12.7. The minimum Gasteiger partial charge on any atom is -0.491 e. The third-order valence-corrected chi connectivity index (χ3v) is 3.05. The van der Waals surface area contributed by atoms with Gasteiger partial charge in [-0.2, -0.15) is 0 Å². The Hall–Kier alpha value is -1.57. The van der Waals surface area contributed by atoms with Crippen LogP contribution in [0.1, 0.15) is 19.3 Å². The molecule has 1 aliphatic heterocycles. The van der Waals surface area contributed by atoms with Gasteiger partial charge in [0.2, 0.25) is 0 Å². The number of benzene rings is 1. The maximum atomic E-state index is 12.7. The molecule has 0 amide bonds. The second kappa shape index (κ2) is 7.88. The molecular weight excluding hydrogens is 259 g/mol. The summed E-state index contributed by atoms with van der Waals surface area (Å²) < 4.78 is 29.0. The molecule has 4 heteroatoms. The number of hydrogen-bond donors (Lipinski definition) is 0. The predicted molar refractivity (Wildman–Crippen MR) is 74.1 cm³/mol. The minimum absolute atomic E-state index is 0.00586. The zero-order valence-corrected chi connectivity index (χ0v) is 11.6. The van der Waals surface area contributed by atoms with E-state index in [0.717, 1.165) is 19.3 Å². The predicted octanol–water partition coefficient (Wildman–Crippen LogP) is 2.79. The molecule has 1 aliphatic rings. The summed E-state index contributed by atoms with van der Waals surface area (Å²) in [7, 11) is 1.66. The van der Waals surface area contributed by atoms with Crippen LogP contribution in [0.3, 0.4) is 0 Å². The van der Waals surface area contributed by atoms with Crippen LogP contribution < -0.4 is 4.74 Å². The highest BCUT2D eigenvalue weighted by Gasteiger charge is 2.24. The highest BCUT2D eigenvalue weighted by molar-refractivity contribution is 5.22. The van der Waals surface area contributed by atoms with Gasteiger partial charge in [-0.3, -0.25) is 0 Å². The smallest absolute Gasteiger partial charge is 0.123 e. The lowest BCUT2D eigenvalue weighted by Gasteiger charge is -2.12. The molecule has 0 N–H and O–H groups in total. The Morgan fingerprint density at radius 2 is 2.10 bits per heavy atom. The lowest BCUT2D eigenvalue weighted by molar-refractivity contribution is 0.0419. The van der Waals surface area contributed by atoms with Crippen LogP contribution in [0.25, 0.3) is 0 Å². The van der Waals surface area contributed by atoms with Crippen LogP contribution >= 0.6 is 0 Å². The van der Waals surface area contributed by atoms with E-state index in [0.29, 0.717) is 19.0 Å². The SMILES string of the molecule is COCCC#CC1CCC(COc2ccc(F)cc2)O1. The van der Waals surface area contributed by atoms with Gasteiger partial charge in [-0.05, 0) is 37.1 Å². The number of rotatable bonds is 5. The molecule has 3 nitrogen and oxygen atoms in total. The Balaban J connectivity index is 1.70. The van der Waals surface area contributed by atoms with E-state index < -0.39 is 0 Å². The van der Waals surface area contributed by atoms with E-state index in [2.05, 4.69) is 11.8 Å². The van der Waals surface area contributed by atoms with Crippen molar-refractivity contribution in [3.05, 3.63) is 30.1 Å². The first kappa shape index (κ1) is 14.8. The van der Waals surface area contributed by atoms with E-state index in [9.17, 15) is 4.39 Å². The Morgan fingerprint density at radius 1 is 1.30 bits per heavy atom. The van der Waals surface area contributed by atoms with Crippen molar-refractivity contribution >= 4 is 0 Å². The molecule has 0 bridgehead atoms. The van der Waals surface area contributed by atoms with Crippen LogP contribution in [0.15, 0.2) is 24.3 Å². The Bertz CT molecular complexity index is 461. The summed E-state index contributed by atoms with van der Waals surface area (Å²) in [5.74, 6) is 6.53. The molecule has 1 heterocycles. The molecule has 0 radical (unpaired) electrons. The van der Waals surface area contributed by atoms with E-state index in [-0.39, 0.29) is 18.0 Å². The minimum atomic E-state index is -0.263. The molecule has 1 saturated heterocycles. The van der Waals surface area contributed by atoms with Crippen molar-refractivity contribution in [1.82, 2.24) is 0 Å². The molecule has 0 aromatic heterocycles. The average molecular weight is 278 g/mol. The molecule has 1 aromatic rings. The van der Waals surface area contributed by atoms with Crippen LogP contribution in [0, 0.1) is 17.7 Å². The first-order valence-corrected chi connectivity index (χ1v) is 6.79. The van der Waals surface area contributed by atoms with Crippen molar-refractivity contribution < 1.29 is 18.6 Å². The van der Waals surface area contributed by atoms with Gasteiger partial charge in [-0.1, -0.05) is 11.8 Å². The molecular formula is C16H19FO3. The molecule has 1 aromatic carbocycles. The van der Waals surface area contributed by atoms with Crippen molar-refractivity contribution in [3.63, 3.8) is 0 Å². The van der Waals surface area contributed by atoms with Crippen molar-refractivity contribution in [2.24, 2.45) is 0 Å². The van der Waals surface area contributed by atoms with Gasteiger partial charge in [0.1, 0.15) is 24.3 Å². The third kappa shape index (κ3) is 4.84. The maximum Gasteiger partial charge on any atom is 0.123 e. The normalized spacial score (nSPS) is 21.3. The van der Waals surface area contributed by atoms with Gasteiger partial charge < -0.3 is 14.2 Å². The number of hydrogen-bond acceptors (Lipinski definition) is 3. The van der Waals surface area contributed by atoms with E-state index in [1.54, 1.807) is 19.2 Å². The topological polar surface area (TPSA) is 27.7 Å². The molecule has 0 saturated carbocycles. The number of methoxy groups -OCH3 is 1. The number of ether oxygens (including phenoxy) is 3. The summed E-state index contributed by atoms with van der Waals surface area (Å²) in [5.41, 5.74) is 0. The monoisotopic (exact) mass is 278 g/mol. The molecule has 2 rings (SSSR count). The Morgan fingerprint density at radius 3 is 2.85 bits per heavy atom. The van der Waals surface area contributed by atoms with Gasteiger partial charge in [-0.15, -0.1) is 0 Å². The van der Waals surface area contributed by atoms with Gasteiger partial charge in [0, 0.05) is 13.5 Å². The molecule has 0 aliphatic carbocycles. The van der Waals surface area contributed by atoms with Crippen molar-refractivity contribution in [2.75, 3.05) is 20.3 Å². The third-order valence-electron chi connectivity index (χ3n) is 3.05. The molecule has 108 valence electrons. The fourth-order valence-corrected chi connectivity index (χ4v) is 1.99. The van der Waals surface area contributed by atoms with Gasteiger partial charge in [0.25, 0.3) is 0 Å². The standard InChI is InChI=1S/C16H19FO3/c1-18-11-3-2-4-15-9-10-16(20-15)12-19-14-7-5-13(17)6-8-14/h5-8,15-16H,3,9-12H2,1H3. The van der Waals surface area contributed by atoms with E-state index in [4.69, 9.17) is 14.2 Å². The van der Waals surface area contributed by atoms with Gasteiger partial charge in [0.15, 0.2) is 0 Å². The number of halogens is 1. The van der Waals surface area contributed by atoms with Gasteiger partial charge in [-0.25, -0.2) is 4.39 Å². The van der Waals surface area contributed by atoms with Gasteiger partial charge >= 0.3 is 0 Å². The summed E-state index contributed by atoms with van der Waals surface area (Å²) in [6.07, 6.45) is 2.64. The summed E-state index contributed by atoms with van der Waals surface area (Å²) in [5, 5.41) is 0. The molecule has 1 fully saturated rings. The van der Waals surface area contributed by atoms with Crippen LogP contribution in [-0.4, -0.2) is 32.5 Å². The van der Waals surface area contributed by atoms with Crippen LogP contribution in [0.2, 0.25) is 0 Å². The quantitative estimate of drug-likeness (QED) is 0.612. The van der Waals surface area contributed by atoms with E-state index in [1.807, 2.05) is 0 Å². The largest absolute Gasteiger partial charge is 0.491 e. The highest BCUT2D eigenvalue weighted by Crippen LogP contribution is 2.20. The summed E-state index contributed by atoms with van der Waals surface area (Å²) >= 11 is 0.